The fourth-order valence-electron chi connectivity index (χ4n) is 4.09. The van der Waals surface area contributed by atoms with Gasteiger partial charge in [-0.3, -0.25) is 14.6 Å². The molecule has 1 saturated carbocycles. The summed E-state index contributed by atoms with van der Waals surface area (Å²) in [6.07, 6.45) is 3.76. The number of ether oxygens (including phenoxy) is 1. The van der Waals surface area contributed by atoms with E-state index in [4.69, 9.17) is 20.0 Å². The van der Waals surface area contributed by atoms with Gasteiger partial charge in [0.25, 0.3) is 0 Å². The molecule has 0 amide bonds. The average Bonchev–Trinajstić information content (AvgIpc) is 3.21. The van der Waals surface area contributed by atoms with E-state index in [-0.39, 0.29) is 31.3 Å². The third-order valence-corrected chi connectivity index (χ3v) is 5.91. The van der Waals surface area contributed by atoms with Gasteiger partial charge in [0.2, 0.25) is 5.78 Å². The quantitative estimate of drug-likeness (QED) is 0.431. The van der Waals surface area contributed by atoms with E-state index in [1.54, 1.807) is 38.2 Å². The summed E-state index contributed by atoms with van der Waals surface area (Å²) in [7, 11) is 0. The standard InChI is InChI=1S/C22H22FN7O3/c23-15-5-7-16(8-6-15)32-11-9-27-21-26-20-19(30(21)29(22(27)31)12-14-3-4-14)18(25-13-28(20)24)17-2-1-10-33-17/h1-2,5-8,10,14H,3-4,9,11-13,24H2. The zero-order valence-electron chi connectivity index (χ0n) is 17.7. The number of halogens is 1. The van der Waals surface area contributed by atoms with Crippen molar-refractivity contribution in [2.45, 2.75) is 25.9 Å². The number of hydrogen-bond acceptors (Lipinski definition) is 7. The number of hydrazine groups is 1. The number of fused-ring (bicyclic) bond motifs is 3. The van der Waals surface area contributed by atoms with Crippen molar-refractivity contribution in [3.8, 4) is 5.75 Å². The second-order valence-electron chi connectivity index (χ2n) is 8.25. The van der Waals surface area contributed by atoms with E-state index in [2.05, 4.69) is 4.99 Å². The molecule has 0 saturated heterocycles. The highest BCUT2D eigenvalue weighted by atomic mass is 19.1. The van der Waals surface area contributed by atoms with Gasteiger partial charge in [-0.15, -0.1) is 0 Å². The number of nitrogens with two attached hydrogens (primary N) is 1. The Morgan fingerprint density at radius 3 is 2.76 bits per heavy atom. The summed E-state index contributed by atoms with van der Waals surface area (Å²) in [4.78, 5) is 22.7. The third-order valence-electron chi connectivity index (χ3n) is 5.91. The van der Waals surface area contributed by atoms with Gasteiger partial charge in [-0.25, -0.2) is 24.2 Å². The van der Waals surface area contributed by atoms with E-state index in [1.165, 1.54) is 17.1 Å². The van der Waals surface area contributed by atoms with Crippen molar-refractivity contribution in [3.63, 3.8) is 0 Å². The lowest BCUT2D eigenvalue weighted by Gasteiger charge is -2.21. The Balaban J connectivity index is 1.42. The van der Waals surface area contributed by atoms with Crippen molar-refractivity contribution in [2.75, 3.05) is 18.3 Å². The van der Waals surface area contributed by atoms with Gasteiger partial charge in [0.05, 0.1) is 12.8 Å². The number of aliphatic imine (C=N–C) groups is 1. The summed E-state index contributed by atoms with van der Waals surface area (Å²) >= 11 is 0. The Bertz CT molecular complexity index is 1390. The molecule has 11 heteroatoms. The molecule has 0 atom stereocenters. The molecule has 1 aliphatic heterocycles. The molecule has 170 valence electrons. The average molecular weight is 451 g/mol. The summed E-state index contributed by atoms with van der Waals surface area (Å²) in [5.41, 5.74) is 1.06. The first-order valence-corrected chi connectivity index (χ1v) is 10.8. The van der Waals surface area contributed by atoms with Crippen LogP contribution in [0.5, 0.6) is 5.75 Å². The van der Waals surface area contributed by atoms with Crippen LogP contribution in [0.2, 0.25) is 0 Å². The second kappa shape index (κ2) is 7.62. The first-order chi connectivity index (χ1) is 16.1. The van der Waals surface area contributed by atoms with E-state index in [0.717, 1.165) is 12.8 Å². The van der Waals surface area contributed by atoms with Crippen LogP contribution in [-0.4, -0.2) is 37.7 Å². The van der Waals surface area contributed by atoms with Crippen molar-refractivity contribution in [1.29, 1.82) is 0 Å². The maximum Gasteiger partial charge on any atom is 0.346 e. The van der Waals surface area contributed by atoms with E-state index in [0.29, 0.717) is 47.0 Å². The molecule has 0 unspecified atom stereocenters. The van der Waals surface area contributed by atoms with E-state index >= 15 is 0 Å². The second-order valence-corrected chi connectivity index (χ2v) is 8.25. The van der Waals surface area contributed by atoms with Crippen LogP contribution in [0.15, 0.2) is 56.9 Å². The van der Waals surface area contributed by atoms with Crippen molar-refractivity contribution >= 4 is 17.3 Å². The predicted molar refractivity (Wildman–Crippen MR) is 118 cm³/mol. The Morgan fingerprint density at radius 1 is 1.21 bits per heavy atom. The van der Waals surface area contributed by atoms with Crippen LogP contribution in [0, 0.1) is 11.7 Å². The number of hydrogen-bond donors (Lipinski definition) is 1. The lowest BCUT2D eigenvalue weighted by atomic mass is 10.2. The molecule has 1 aromatic carbocycles. The predicted octanol–water partition coefficient (Wildman–Crippen LogP) is 2.01. The van der Waals surface area contributed by atoms with E-state index < -0.39 is 0 Å². The Kier molecular flexibility index (Phi) is 4.57. The fourth-order valence-corrected chi connectivity index (χ4v) is 4.09. The molecule has 0 radical (unpaired) electrons. The highest BCUT2D eigenvalue weighted by Crippen LogP contribution is 2.32. The number of aromatic nitrogens is 4. The van der Waals surface area contributed by atoms with Crippen molar-refractivity contribution in [2.24, 2.45) is 16.8 Å². The summed E-state index contributed by atoms with van der Waals surface area (Å²) < 4.78 is 29.6. The lowest BCUT2D eigenvalue weighted by Crippen LogP contribution is -2.37. The number of anilines is 1. The van der Waals surface area contributed by atoms with Crippen LogP contribution >= 0.6 is 0 Å². The fraction of sp³-hybridized carbons (Fsp3) is 0.318. The van der Waals surface area contributed by atoms with Gasteiger partial charge in [-0.1, -0.05) is 0 Å². The number of benzene rings is 1. The van der Waals surface area contributed by atoms with Crippen molar-refractivity contribution in [3.05, 3.63) is 70.4 Å². The van der Waals surface area contributed by atoms with E-state index in [1.807, 2.05) is 6.07 Å². The Morgan fingerprint density at radius 2 is 2.03 bits per heavy atom. The highest BCUT2D eigenvalue weighted by Gasteiger charge is 2.33. The molecule has 0 bridgehead atoms. The molecule has 4 heterocycles. The maximum absolute atomic E-state index is 13.4. The molecule has 2 aliphatic rings. The van der Waals surface area contributed by atoms with Crippen LogP contribution < -0.4 is 21.3 Å². The summed E-state index contributed by atoms with van der Waals surface area (Å²) in [6.45, 7) is 1.30. The largest absolute Gasteiger partial charge is 0.492 e. The minimum atomic E-state index is -0.333. The normalized spacial score (nSPS) is 15.7. The van der Waals surface area contributed by atoms with E-state index in [9.17, 15) is 9.18 Å². The minimum Gasteiger partial charge on any atom is -0.492 e. The topological polar surface area (TPSA) is 108 Å². The molecule has 1 aliphatic carbocycles. The molecule has 1 fully saturated rings. The number of rotatable bonds is 7. The molecule has 6 rings (SSSR count). The number of imidazole rings is 1. The SMILES string of the molecule is NN1CN=C(c2ccco2)c2c1nc1n(CCOc3ccc(F)cc3)c(=O)n(CC3CC3)n21. The number of furan rings is 1. The first kappa shape index (κ1) is 19.8. The summed E-state index contributed by atoms with van der Waals surface area (Å²) in [5, 5.41) is 1.46. The molecular formula is C22H22FN7O3. The smallest absolute Gasteiger partial charge is 0.346 e. The van der Waals surface area contributed by atoms with Gasteiger partial charge in [0.15, 0.2) is 11.6 Å². The van der Waals surface area contributed by atoms with Gasteiger partial charge in [-0.2, -0.15) is 4.98 Å². The van der Waals surface area contributed by atoms with Crippen LogP contribution in [0.1, 0.15) is 24.3 Å². The highest BCUT2D eigenvalue weighted by molar-refractivity contribution is 6.14. The zero-order chi connectivity index (χ0) is 22.5. The molecule has 3 aromatic heterocycles. The minimum absolute atomic E-state index is 0.178. The molecule has 4 aromatic rings. The van der Waals surface area contributed by atoms with Crippen molar-refractivity contribution < 1.29 is 13.5 Å². The molecule has 0 spiro atoms. The van der Waals surface area contributed by atoms with Gasteiger partial charge in [0, 0.05) is 6.54 Å². The monoisotopic (exact) mass is 451 g/mol. The Labute approximate surface area is 187 Å². The van der Waals surface area contributed by atoms with Crippen LogP contribution in [0.25, 0.3) is 5.78 Å². The van der Waals surface area contributed by atoms with Crippen LogP contribution in [0.4, 0.5) is 10.2 Å². The maximum atomic E-state index is 13.4. The number of nitrogens with zero attached hydrogens (tertiary/aromatic N) is 6. The van der Waals surface area contributed by atoms with Gasteiger partial charge >= 0.3 is 5.69 Å². The first-order valence-electron chi connectivity index (χ1n) is 10.8. The van der Waals surface area contributed by atoms with Gasteiger partial charge in [-0.05, 0) is 55.2 Å². The molecule has 10 nitrogen and oxygen atoms in total. The summed E-state index contributed by atoms with van der Waals surface area (Å²) in [6, 6.07) is 9.39. The Hall–Kier alpha value is -3.86. The molecular weight excluding hydrogens is 429 g/mol. The summed E-state index contributed by atoms with van der Waals surface area (Å²) in [5.74, 6) is 8.43. The lowest BCUT2D eigenvalue weighted by molar-refractivity contribution is 0.297. The van der Waals surface area contributed by atoms with Crippen molar-refractivity contribution in [1.82, 2.24) is 18.7 Å². The van der Waals surface area contributed by atoms with Crippen LogP contribution in [0.3, 0.4) is 0 Å². The van der Waals surface area contributed by atoms with Crippen LogP contribution in [-0.2, 0) is 13.1 Å². The van der Waals surface area contributed by atoms with Gasteiger partial charge < -0.3 is 9.15 Å². The van der Waals surface area contributed by atoms with Gasteiger partial charge in [0.1, 0.15) is 36.2 Å². The zero-order valence-corrected chi connectivity index (χ0v) is 17.7. The molecule has 2 N–H and O–H groups in total. The third kappa shape index (κ3) is 3.41. The molecule has 33 heavy (non-hydrogen) atoms.